The van der Waals surface area contributed by atoms with Crippen LogP contribution in [-0.2, 0) is 16.0 Å². The second-order valence-electron chi connectivity index (χ2n) is 8.55. The van der Waals surface area contributed by atoms with Crippen molar-refractivity contribution in [3.8, 4) is 0 Å². The number of hydrogen-bond donors (Lipinski definition) is 3. The molecule has 37 heavy (non-hydrogen) atoms. The zero-order valence-corrected chi connectivity index (χ0v) is 21.1. The Morgan fingerprint density at radius 3 is 2.57 bits per heavy atom. The van der Waals surface area contributed by atoms with Crippen LogP contribution in [0.2, 0.25) is 0 Å². The van der Waals surface area contributed by atoms with Gasteiger partial charge < -0.3 is 21.3 Å². The fraction of sp³-hybridized carbons (Fsp3) is 0.214. The molecule has 4 rings (SSSR count). The Morgan fingerprint density at radius 1 is 1.03 bits per heavy atom. The summed E-state index contributed by atoms with van der Waals surface area (Å²) in [4.78, 5) is 44.8. The third-order valence-corrected chi connectivity index (χ3v) is 6.04. The molecule has 1 aliphatic rings. The third kappa shape index (κ3) is 7.25. The van der Waals surface area contributed by atoms with Crippen molar-refractivity contribution in [1.29, 1.82) is 0 Å². The van der Waals surface area contributed by atoms with Crippen LogP contribution in [0.1, 0.15) is 33.9 Å². The van der Waals surface area contributed by atoms with E-state index in [0.717, 1.165) is 11.1 Å². The van der Waals surface area contributed by atoms with Crippen molar-refractivity contribution in [1.82, 2.24) is 15.2 Å². The smallest absolute Gasteiger partial charge is 0.252 e. The largest absolute Gasteiger partial charge is 0.340 e. The van der Waals surface area contributed by atoms with Crippen LogP contribution >= 0.6 is 12.4 Å². The summed E-state index contributed by atoms with van der Waals surface area (Å²) in [5, 5.41) is 5.58. The van der Waals surface area contributed by atoms with E-state index in [1.165, 1.54) is 0 Å². The molecule has 9 heteroatoms. The Hall–Kier alpha value is -4.01. The number of pyridine rings is 1. The summed E-state index contributed by atoms with van der Waals surface area (Å²) in [6.07, 6.45) is 8.53. The predicted octanol–water partition coefficient (Wildman–Crippen LogP) is 3.27. The number of carbonyl (C=O) groups excluding carboxylic acids is 3. The van der Waals surface area contributed by atoms with Gasteiger partial charge in [-0.1, -0.05) is 54.6 Å². The number of amides is 3. The number of halogens is 1. The van der Waals surface area contributed by atoms with Gasteiger partial charge in [0.15, 0.2) is 0 Å². The zero-order chi connectivity index (χ0) is 25.3. The molecule has 0 saturated carbocycles. The van der Waals surface area contributed by atoms with Crippen LogP contribution in [-0.4, -0.2) is 46.7 Å². The summed E-state index contributed by atoms with van der Waals surface area (Å²) in [7, 11) is 0. The van der Waals surface area contributed by atoms with E-state index in [4.69, 9.17) is 5.73 Å². The normalized spacial score (nSPS) is 15.3. The zero-order valence-electron chi connectivity index (χ0n) is 20.2. The van der Waals surface area contributed by atoms with Crippen molar-refractivity contribution >= 4 is 35.8 Å². The van der Waals surface area contributed by atoms with Crippen molar-refractivity contribution in [2.45, 2.75) is 24.9 Å². The minimum Gasteiger partial charge on any atom is -0.340 e. The molecule has 1 aromatic heterocycles. The van der Waals surface area contributed by atoms with E-state index < -0.39 is 11.9 Å². The number of anilines is 1. The molecule has 4 N–H and O–H groups in total. The maximum absolute atomic E-state index is 13.9. The number of rotatable bonds is 8. The number of carbonyl (C=O) groups is 3. The average Bonchev–Trinajstić information content (AvgIpc) is 2.93. The molecule has 2 atom stereocenters. The van der Waals surface area contributed by atoms with Gasteiger partial charge in [-0.25, -0.2) is 0 Å². The maximum Gasteiger partial charge on any atom is 0.252 e. The molecule has 0 spiro atoms. The van der Waals surface area contributed by atoms with Gasteiger partial charge >= 0.3 is 0 Å². The molecule has 0 bridgehead atoms. The fourth-order valence-corrected chi connectivity index (χ4v) is 4.24. The van der Waals surface area contributed by atoms with Gasteiger partial charge in [0.2, 0.25) is 11.8 Å². The van der Waals surface area contributed by atoms with Crippen molar-refractivity contribution in [2.75, 3.05) is 18.4 Å². The van der Waals surface area contributed by atoms with Gasteiger partial charge in [0.25, 0.3) is 5.91 Å². The Balaban J connectivity index is 0.00000380. The Morgan fingerprint density at radius 2 is 1.84 bits per heavy atom. The molecule has 3 aromatic rings. The lowest BCUT2D eigenvalue weighted by molar-refractivity contribution is -0.135. The van der Waals surface area contributed by atoms with Crippen molar-refractivity contribution in [2.24, 2.45) is 5.73 Å². The van der Waals surface area contributed by atoms with Crippen LogP contribution < -0.4 is 16.4 Å². The van der Waals surface area contributed by atoms with Gasteiger partial charge in [-0.15, -0.1) is 12.4 Å². The van der Waals surface area contributed by atoms with Gasteiger partial charge in [-0.3, -0.25) is 19.4 Å². The van der Waals surface area contributed by atoms with Crippen molar-refractivity contribution in [3.63, 3.8) is 0 Å². The highest BCUT2D eigenvalue weighted by molar-refractivity contribution is 5.99. The van der Waals surface area contributed by atoms with Gasteiger partial charge in [0, 0.05) is 36.6 Å². The summed E-state index contributed by atoms with van der Waals surface area (Å²) in [5.41, 5.74) is 8.05. The minimum atomic E-state index is -0.784. The summed E-state index contributed by atoms with van der Waals surface area (Å²) in [6, 6.07) is 19.0. The number of benzene rings is 2. The molecular formula is C28H30ClN5O3. The fourth-order valence-electron chi connectivity index (χ4n) is 4.24. The first-order valence-corrected chi connectivity index (χ1v) is 11.9. The molecule has 192 valence electrons. The van der Waals surface area contributed by atoms with Crippen LogP contribution in [0.5, 0.6) is 0 Å². The number of hydrogen-bond acceptors (Lipinski definition) is 5. The predicted molar refractivity (Wildman–Crippen MR) is 145 cm³/mol. The Kier molecular flexibility index (Phi) is 9.94. The molecule has 2 heterocycles. The van der Waals surface area contributed by atoms with E-state index in [0.29, 0.717) is 30.6 Å². The second kappa shape index (κ2) is 13.3. The molecule has 2 aromatic carbocycles. The van der Waals surface area contributed by atoms with Crippen LogP contribution in [0.4, 0.5) is 5.69 Å². The Labute approximate surface area is 222 Å². The second-order valence-corrected chi connectivity index (χ2v) is 8.55. The van der Waals surface area contributed by atoms with Crippen LogP contribution in [0, 0.1) is 0 Å². The van der Waals surface area contributed by atoms with Crippen LogP contribution in [0.15, 0.2) is 91.3 Å². The molecule has 1 aliphatic heterocycles. The van der Waals surface area contributed by atoms with Gasteiger partial charge in [0.1, 0.15) is 6.04 Å². The minimum absolute atomic E-state index is 0. The van der Waals surface area contributed by atoms with Gasteiger partial charge in [0.05, 0.1) is 12.6 Å². The molecular weight excluding hydrogens is 490 g/mol. The average molecular weight is 520 g/mol. The SMILES string of the molecule is Cl.NCC(=O)Nc1cccc(C(=O)N[C@@H](Cc2ccccc2)C(=O)N2CC=CCC2c2cccnc2)c1. The molecule has 0 saturated heterocycles. The van der Waals surface area contributed by atoms with E-state index in [-0.39, 0.29) is 36.8 Å². The number of nitrogens with one attached hydrogen (secondary N) is 2. The highest BCUT2D eigenvalue weighted by Crippen LogP contribution is 2.28. The Bertz CT molecular complexity index is 1240. The number of nitrogens with zero attached hydrogens (tertiary/aromatic N) is 2. The first-order chi connectivity index (χ1) is 17.5. The lowest BCUT2D eigenvalue weighted by Gasteiger charge is -2.36. The highest BCUT2D eigenvalue weighted by Gasteiger charge is 2.32. The highest BCUT2D eigenvalue weighted by atomic mass is 35.5. The van der Waals surface area contributed by atoms with Crippen molar-refractivity contribution in [3.05, 3.63) is 108 Å². The molecule has 1 unspecified atom stereocenters. The summed E-state index contributed by atoms with van der Waals surface area (Å²) in [6.45, 7) is 0.284. The first-order valence-electron chi connectivity index (χ1n) is 11.9. The standard InChI is InChI=1S/C28H29N5O3.ClH/c29-18-26(34)31-23-12-6-10-21(17-23)27(35)32-24(16-20-8-2-1-3-9-20)28(36)33-15-5-4-13-25(33)22-11-7-14-30-19-22;/h1-12,14,17,19,24-25H,13,15-16,18,29H2,(H,31,34)(H,32,35);1H/t24-,25?;/m0./s1. The summed E-state index contributed by atoms with van der Waals surface area (Å²) in [5.74, 6) is -0.930. The molecule has 0 fully saturated rings. The molecule has 0 radical (unpaired) electrons. The first kappa shape index (κ1) is 27.6. The van der Waals surface area contributed by atoms with Gasteiger partial charge in [-0.05, 0) is 41.8 Å². The molecule has 3 amide bonds. The van der Waals surface area contributed by atoms with E-state index >= 15 is 0 Å². The third-order valence-electron chi connectivity index (χ3n) is 6.04. The lowest BCUT2D eigenvalue weighted by Crippen LogP contribution is -2.51. The van der Waals surface area contributed by atoms with E-state index in [1.807, 2.05) is 48.5 Å². The summed E-state index contributed by atoms with van der Waals surface area (Å²) < 4.78 is 0. The quantitative estimate of drug-likeness (QED) is 0.395. The van der Waals surface area contributed by atoms with Crippen LogP contribution in [0.3, 0.4) is 0 Å². The van der Waals surface area contributed by atoms with E-state index in [1.54, 1.807) is 41.6 Å². The van der Waals surface area contributed by atoms with E-state index in [2.05, 4.69) is 21.7 Å². The molecule has 8 nitrogen and oxygen atoms in total. The van der Waals surface area contributed by atoms with Crippen molar-refractivity contribution < 1.29 is 14.4 Å². The maximum atomic E-state index is 13.9. The monoisotopic (exact) mass is 519 g/mol. The van der Waals surface area contributed by atoms with Crippen LogP contribution in [0.25, 0.3) is 0 Å². The lowest BCUT2D eigenvalue weighted by atomic mass is 9.97. The summed E-state index contributed by atoms with van der Waals surface area (Å²) >= 11 is 0. The molecule has 0 aliphatic carbocycles. The number of nitrogens with two attached hydrogens (primary N) is 1. The number of aromatic nitrogens is 1. The van der Waals surface area contributed by atoms with Gasteiger partial charge in [-0.2, -0.15) is 0 Å². The topological polar surface area (TPSA) is 117 Å². The van der Waals surface area contributed by atoms with E-state index in [9.17, 15) is 14.4 Å².